The van der Waals surface area contributed by atoms with Crippen molar-refractivity contribution in [2.45, 2.75) is 37.8 Å². The SMILES string of the molecule is COC1(C(NN)c2cnccc2C)CCC1. The Labute approximate surface area is 96.2 Å². The lowest BCUT2D eigenvalue weighted by atomic mass is 9.72. The first-order valence-electron chi connectivity index (χ1n) is 5.65. The van der Waals surface area contributed by atoms with E-state index in [2.05, 4.69) is 17.3 Å². The van der Waals surface area contributed by atoms with Gasteiger partial charge in [0.1, 0.15) is 0 Å². The molecule has 0 saturated heterocycles. The maximum Gasteiger partial charge on any atom is 0.0886 e. The van der Waals surface area contributed by atoms with E-state index in [1.54, 1.807) is 13.3 Å². The molecule has 1 aliphatic rings. The zero-order valence-electron chi connectivity index (χ0n) is 9.86. The summed E-state index contributed by atoms with van der Waals surface area (Å²) in [6, 6.07) is 2.03. The number of aryl methyl sites for hydroxylation is 1. The van der Waals surface area contributed by atoms with Gasteiger partial charge in [-0.3, -0.25) is 10.8 Å². The molecule has 1 unspecified atom stereocenters. The minimum atomic E-state index is -0.150. The Balaban J connectivity index is 2.32. The van der Waals surface area contributed by atoms with Crippen molar-refractivity contribution in [1.29, 1.82) is 0 Å². The molecule has 0 aromatic carbocycles. The van der Waals surface area contributed by atoms with Crippen LogP contribution in [0.4, 0.5) is 0 Å². The van der Waals surface area contributed by atoms with E-state index in [0.717, 1.165) is 18.4 Å². The number of aromatic nitrogens is 1. The summed E-state index contributed by atoms with van der Waals surface area (Å²) in [5.74, 6) is 5.69. The second-order valence-electron chi connectivity index (χ2n) is 4.45. The lowest BCUT2D eigenvalue weighted by Crippen LogP contribution is -2.52. The fourth-order valence-corrected chi connectivity index (χ4v) is 2.44. The third kappa shape index (κ3) is 1.73. The van der Waals surface area contributed by atoms with Crippen molar-refractivity contribution >= 4 is 0 Å². The van der Waals surface area contributed by atoms with Gasteiger partial charge >= 0.3 is 0 Å². The molecule has 1 saturated carbocycles. The zero-order valence-corrected chi connectivity index (χ0v) is 9.86. The average molecular weight is 221 g/mol. The molecule has 1 atom stereocenters. The zero-order chi connectivity index (χ0) is 11.6. The van der Waals surface area contributed by atoms with E-state index in [1.807, 2.05) is 12.3 Å². The topological polar surface area (TPSA) is 60.2 Å². The van der Waals surface area contributed by atoms with Gasteiger partial charge in [0, 0.05) is 19.5 Å². The monoisotopic (exact) mass is 221 g/mol. The van der Waals surface area contributed by atoms with Crippen LogP contribution in [0.3, 0.4) is 0 Å². The van der Waals surface area contributed by atoms with Crippen LogP contribution < -0.4 is 11.3 Å². The second kappa shape index (κ2) is 4.49. The highest BCUT2D eigenvalue weighted by Gasteiger charge is 2.45. The molecule has 0 spiro atoms. The number of nitrogens with zero attached hydrogens (tertiary/aromatic N) is 1. The molecule has 0 bridgehead atoms. The van der Waals surface area contributed by atoms with Crippen LogP contribution in [0.25, 0.3) is 0 Å². The number of methoxy groups -OCH3 is 1. The van der Waals surface area contributed by atoms with Crippen molar-refractivity contribution in [1.82, 2.24) is 10.4 Å². The number of hydrogen-bond donors (Lipinski definition) is 2. The Morgan fingerprint density at radius 2 is 2.31 bits per heavy atom. The summed E-state index contributed by atoms with van der Waals surface area (Å²) in [6.07, 6.45) is 6.97. The number of nitrogens with two attached hydrogens (primary N) is 1. The summed E-state index contributed by atoms with van der Waals surface area (Å²) in [7, 11) is 1.76. The quantitative estimate of drug-likeness (QED) is 0.597. The molecule has 16 heavy (non-hydrogen) atoms. The molecule has 1 fully saturated rings. The van der Waals surface area contributed by atoms with Gasteiger partial charge < -0.3 is 4.74 Å². The summed E-state index contributed by atoms with van der Waals surface area (Å²) < 4.78 is 5.67. The Bertz CT molecular complexity index is 358. The van der Waals surface area contributed by atoms with Crippen LogP contribution in [-0.4, -0.2) is 17.7 Å². The van der Waals surface area contributed by atoms with Gasteiger partial charge in [0.2, 0.25) is 0 Å². The van der Waals surface area contributed by atoms with Crippen molar-refractivity contribution in [3.8, 4) is 0 Å². The van der Waals surface area contributed by atoms with Crippen molar-refractivity contribution in [3.05, 3.63) is 29.6 Å². The highest BCUT2D eigenvalue weighted by atomic mass is 16.5. The lowest BCUT2D eigenvalue weighted by molar-refractivity contribution is -0.100. The third-order valence-corrected chi connectivity index (χ3v) is 3.69. The van der Waals surface area contributed by atoms with E-state index >= 15 is 0 Å². The van der Waals surface area contributed by atoms with Gasteiger partial charge in [-0.05, 0) is 43.4 Å². The van der Waals surface area contributed by atoms with Crippen LogP contribution in [-0.2, 0) is 4.74 Å². The summed E-state index contributed by atoms with van der Waals surface area (Å²) in [4.78, 5) is 4.17. The molecule has 2 rings (SSSR count). The van der Waals surface area contributed by atoms with Crippen molar-refractivity contribution < 1.29 is 4.74 Å². The number of hydrogen-bond acceptors (Lipinski definition) is 4. The smallest absolute Gasteiger partial charge is 0.0886 e. The molecule has 1 aliphatic carbocycles. The van der Waals surface area contributed by atoms with E-state index in [1.165, 1.54) is 12.0 Å². The normalized spacial score (nSPS) is 20.2. The standard InChI is InChI=1S/C12H19N3O/c1-9-4-7-14-8-10(9)11(15-13)12(16-2)5-3-6-12/h4,7-8,11,15H,3,5-6,13H2,1-2H3. The maximum atomic E-state index is 5.69. The number of ether oxygens (including phenoxy) is 1. The van der Waals surface area contributed by atoms with Gasteiger partial charge in [-0.25, -0.2) is 5.43 Å². The van der Waals surface area contributed by atoms with E-state index in [4.69, 9.17) is 10.6 Å². The largest absolute Gasteiger partial charge is 0.376 e. The first kappa shape index (κ1) is 11.5. The third-order valence-electron chi connectivity index (χ3n) is 3.69. The summed E-state index contributed by atoms with van der Waals surface area (Å²) in [5.41, 5.74) is 5.06. The molecule has 1 heterocycles. The number of pyridine rings is 1. The molecule has 0 amide bonds. The van der Waals surface area contributed by atoms with Crippen LogP contribution in [0.5, 0.6) is 0 Å². The molecule has 1 aromatic rings. The minimum absolute atomic E-state index is 0.0277. The molecular weight excluding hydrogens is 202 g/mol. The number of rotatable bonds is 4. The summed E-state index contributed by atoms with van der Waals surface area (Å²) in [6.45, 7) is 2.07. The molecule has 0 radical (unpaired) electrons. The summed E-state index contributed by atoms with van der Waals surface area (Å²) in [5, 5.41) is 0. The molecule has 4 heteroatoms. The Kier molecular flexibility index (Phi) is 3.23. The molecule has 3 N–H and O–H groups in total. The fourth-order valence-electron chi connectivity index (χ4n) is 2.44. The van der Waals surface area contributed by atoms with Crippen LogP contribution >= 0.6 is 0 Å². The average Bonchev–Trinajstić information content (AvgIpc) is 2.25. The Hall–Kier alpha value is -0.970. The first-order valence-corrected chi connectivity index (χ1v) is 5.65. The van der Waals surface area contributed by atoms with Crippen LogP contribution in [0.1, 0.15) is 36.4 Å². The van der Waals surface area contributed by atoms with Crippen LogP contribution in [0.15, 0.2) is 18.5 Å². The van der Waals surface area contributed by atoms with E-state index in [9.17, 15) is 0 Å². The van der Waals surface area contributed by atoms with Crippen LogP contribution in [0, 0.1) is 6.92 Å². The van der Waals surface area contributed by atoms with Gasteiger partial charge in [0.15, 0.2) is 0 Å². The molecular formula is C12H19N3O. The minimum Gasteiger partial charge on any atom is -0.376 e. The predicted molar refractivity (Wildman–Crippen MR) is 62.6 cm³/mol. The second-order valence-corrected chi connectivity index (χ2v) is 4.45. The first-order chi connectivity index (χ1) is 7.73. The van der Waals surface area contributed by atoms with E-state index < -0.39 is 0 Å². The fraction of sp³-hybridized carbons (Fsp3) is 0.583. The van der Waals surface area contributed by atoms with Crippen molar-refractivity contribution in [2.75, 3.05) is 7.11 Å². The molecule has 1 aromatic heterocycles. The Morgan fingerprint density at radius 1 is 1.56 bits per heavy atom. The number of hydrazine groups is 1. The van der Waals surface area contributed by atoms with Gasteiger partial charge in [0.25, 0.3) is 0 Å². The van der Waals surface area contributed by atoms with Crippen molar-refractivity contribution in [3.63, 3.8) is 0 Å². The maximum absolute atomic E-state index is 5.69. The van der Waals surface area contributed by atoms with Gasteiger partial charge in [-0.1, -0.05) is 0 Å². The predicted octanol–water partition coefficient (Wildman–Crippen LogP) is 1.46. The molecule has 0 aliphatic heterocycles. The van der Waals surface area contributed by atoms with Gasteiger partial charge in [0.05, 0.1) is 11.6 Å². The van der Waals surface area contributed by atoms with Gasteiger partial charge in [-0.2, -0.15) is 0 Å². The highest BCUT2D eigenvalue weighted by molar-refractivity contribution is 5.28. The van der Waals surface area contributed by atoms with E-state index in [-0.39, 0.29) is 11.6 Å². The Morgan fingerprint density at radius 3 is 2.75 bits per heavy atom. The molecule has 4 nitrogen and oxygen atoms in total. The number of nitrogens with one attached hydrogen (secondary N) is 1. The lowest BCUT2D eigenvalue weighted by Gasteiger charge is -2.46. The van der Waals surface area contributed by atoms with E-state index in [0.29, 0.717) is 0 Å². The van der Waals surface area contributed by atoms with Crippen LogP contribution in [0.2, 0.25) is 0 Å². The van der Waals surface area contributed by atoms with Crippen molar-refractivity contribution in [2.24, 2.45) is 5.84 Å². The van der Waals surface area contributed by atoms with Gasteiger partial charge in [-0.15, -0.1) is 0 Å². The summed E-state index contributed by atoms with van der Waals surface area (Å²) >= 11 is 0. The highest BCUT2D eigenvalue weighted by Crippen LogP contribution is 2.44. The molecule has 88 valence electrons.